The third-order valence-electron chi connectivity index (χ3n) is 5.57. The van der Waals surface area contributed by atoms with E-state index >= 15 is 0 Å². The highest BCUT2D eigenvalue weighted by Crippen LogP contribution is 2.27. The summed E-state index contributed by atoms with van der Waals surface area (Å²) in [6, 6.07) is 21.9. The Morgan fingerprint density at radius 1 is 0.933 bits per heavy atom. The van der Waals surface area contributed by atoms with Crippen LogP contribution in [0.4, 0.5) is 0 Å². The molecule has 0 unspecified atom stereocenters. The van der Waals surface area contributed by atoms with Crippen molar-refractivity contribution in [1.29, 1.82) is 0 Å². The molecule has 0 aliphatic heterocycles. The van der Waals surface area contributed by atoms with Crippen LogP contribution in [0.5, 0.6) is 0 Å². The molecular weight excluding hydrogens is 376 g/mol. The number of nitrogens with zero attached hydrogens (tertiary/aromatic N) is 1. The zero-order valence-corrected chi connectivity index (χ0v) is 16.9. The smallest absolute Gasteiger partial charge is 0.290 e. The monoisotopic (exact) mass is 402 g/mol. The second-order valence-corrected chi connectivity index (χ2v) is 7.70. The summed E-state index contributed by atoms with van der Waals surface area (Å²) in [5.41, 5.74) is 1.73. The standard InChI is InChI=1S/C25H26N2O3/c28-24(26-21-14-7-8-15-21)23(20-12-5-2-6-13-20)27(18-19-10-3-1-4-11-19)25(29)22-16-9-17-30-22/h1-6,9-13,16-17,21,23H,7-8,14-15,18H2,(H,26,28)/t23-/m0/s1. The van der Waals surface area contributed by atoms with Gasteiger partial charge >= 0.3 is 0 Å². The van der Waals surface area contributed by atoms with Crippen LogP contribution < -0.4 is 5.32 Å². The van der Waals surface area contributed by atoms with Crippen LogP contribution in [-0.2, 0) is 11.3 Å². The number of benzene rings is 2. The maximum atomic E-state index is 13.5. The highest BCUT2D eigenvalue weighted by molar-refractivity contribution is 5.96. The zero-order valence-electron chi connectivity index (χ0n) is 16.9. The molecule has 30 heavy (non-hydrogen) atoms. The van der Waals surface area contributed by atoms with Crippen LogP contribution in [0.1, 0.15) is 53.4 Å². The maximum absolute atomic E-state index is 13.5. The Balaban J connectivity index is 1.71. The minimum absolute atomic E-state index is 0.149. The maximum Gasteiger partial charge on any atom is 0.290 e. The van der Waals surface area contributed by atoms with Gasteiger partial charge in [0.1, 0.15) is 6.04 Å². The normalized spacial score (nSPS) is 14.9. The fraction of sp³-hybridized carbons (Fsp3) is 0.280. The van der Waals surface area contributed by atoms with Gasteiger partial charge in [-0.2, -0.15) is 0 Å². The van der Waals surface area contributed by atoms with Crippen molar-refractivity contribution in [3.63, 3.8) is 0 Å². The fourth-order valence-corrected chi connectivity index (χ4v) is 4.06. The van der Waals surface area contributed by atoms with Gasteiger partial charge in [0.15, 0.2) is 5.76 Å². The molecule has 1 N–H and O–H groups in total. The summed E-state index contributed by atoms with van der Waals surface area (Å²) in [5, 5.41) is 3.18. The van der Waals surface area contributed by atoms with E-state index in [0.717, 1.165) is 36.8 Å². The van der Waals surface area contributed by atoms with E-state index < -0.39 is 6.04 Å². The van der Waals surface area contributed by atoms with Crippen LogP contribution in [-0.4, -0.2) is 22.8 Å². The first-order valence-electron chi connectivity index (χ1n) is 10.5. The van der Waals surface area contributed by atoms with E-state index in [0.29, 0.717) is 6.54 Å². The molecule has 0 saturated heterocycles. The van der Waals surface area contributed by atoms with E-state index in [1.165, 1.54) is 6.26 Å². The molecule has 3 aromatic rings. The zero-order chi connectivity index (χ0) is 20.8. The summed E-state index contributed by atoms with van der Waals surface area (Å²) >= 11 is 0. The van der Waals surface area contributed by atoms with Crippen molar-refractivity contribution in [2.75, 3.05) is 0 Å². The number of nitrogens with one attached hydrogen (secondary N) is 1. The van der Waals surface area contributed by atoms with E-state index in [1.807, 2.05) is 60.7 Å². The Morgan fingerprint density at radius 2 is 1.60 bits per heavy atom. The summed E-state index contributed by atoms with van der Waals surface area (Å²) in [6.45, 7) is 0.304. The number of carbonyl (C=O) groups excluding carboxylic acids is 2. The largest absolute Gasteiger partial charge is 0.459 e. The summed E-state index contributed by atoms with van der Waals surface area (Å²) in [5.74, 6) is -0.233. The molecule has 1 heterocycles. The topological polar surface area (TPSA) is 62.6 Å². The molecule has 154 valence electrons. The van der Waals surface area contributed by atoms with Crippen molar-refractivity contribution >= 4 is 11.8 Å². The van der Waals surface area contributed by atoms with Crippen molar-refractivity contribution in [2.24, 2.45) is 0 Å². The molecule has 0 radical (unpaired) electrons. The number of hydrogen-bond donors (Lipinski definition) is 1. The van der Waals surface area contributed by atoms with Gasteiger partial charge < -0.3 is 14.6 Å². The molecule has 5 heteroatoms. The summed E-state index contributed by atoms with van der Waals surface area (Å²) < 4.78 is 5.39. The molecule has 5 nitrogen and oxygen atoms in total. The van der Waals surface area contributed by atoms with E-state index in [4.69, 9.17) is 4.42 Å². The second-order valence-electron chi connectivity index (χ2n) is 7.70. The van der Waals surface area contributed by atoms with Gasteiger partial charge in [-0.3, -0.25) is 9.59 Å². The lowest BCUT2D eigenvalue weighted by Crippen LogP contribution is -2.45. The predicted molar refractivity (Wildman–Crippen MR) is 115 cm³/mol. The molecule has 4 rings (SSSR count). The van der Waals surface area contributed by atoms with E-state index in [9.17, 15) is 9.59 Å². The van der Waals surface area contributed by atoms with Crippen LogP contribution in [0.2, 0.25) is 0 Å². The molecule has 2 aromatic carbocycles. The number of furan rings is 1. The van der Waals surface area contributed by atoms with E-state index in [1.54, 1.807) is 17.0 Å². The van der Waals surface area contributed by atoms with Gasteiger partial charge in [0.2, 0.25) is 5.91 Å². The molecule has 0 spiro atoms. The number of amides is 2. The molecule has 1 aliphatic carbocycles. The molecule has 1 atom stereocenters. The van der Waals surface area contributed by atoms with Crippen molar-refractivity contribution < 1.29 is 14.0 Å². The molecule has 1 saturated carbocycles. The number of carbonyl (C=O) groups is 2. The Labute approximate surface area is 176 Å². The summed E-state index contributed by atoms with van der Waals surface area (Å²) in [4.78, 5) is 28.5. The highest BCUT2D eigenvalue weighted by Gasteiger charge is 2.34. The van der Waals surface area contributed by atoms with Crippen LogP contribution in [0.15, 0.2) is 83.5 Å². The first-order valence-corrected chi connectivity index (χ1v) is 10.5. The van der Waals surface area contributed by atoms with Gasteiger partial charge in [-0.1, -0.05) is 73.5 Å². The number of rotatable bonds is 7. The molecule has 1 aliphatic rings. The average molecular weight is 402 g/mol. The third-order valence-corrected chi connectivity index (χ3v) is 5.57. The van der Waals surface area contributed by atoms with Crippen LogP contribution in [0, 0.1) is 0 Å². The van der Waals surface area contributed by atoms with Crippen molar-refractivity contribution in [2.45, 2.75) is 44.3 Å². The Bertz CT molecular complexity index is 949. The van der Waals surface area contributed by atoms with E-state index in [-0.39, 0.29) is 23.6 Å². The Kier molecular flexibility index (Phi) is 6.28. The van der Waals surface area contributed by atoms with Gasteiger partial charge in [0.25, 0.3) is 5.91 Å². The average Bonchev–Trinajstić information content (AvgIpc) is 3.49. The van der Waals surface area contributed by atoms with Crippen molar-refractivity contribution in [1.82, 2.24) is 10.2 Å². The van der Waals surface area contributed by atoms with Crippen molar-refractivity contribution in [3.8, 4) is 0 Å². The van der Waals surface area contributed by atoms with Crippen LogP contribution in [0.3, 0.4) is 0 Å². The number of hydrogen-bond acceptors (Lipinski definition) is 3. The predicted octanol–water partition coefficient (Wildman–Crippen LogP) is 4.72. The van der Waals surface area contributed by atoms with Gasteiger partial charge in [-0.25, -0.2) is 0 Å². The SMILES string of the molecule is O=C(NC1CCCC1)[C@H](c1ccccc1)N(Cc1ccccc1)C(=O)c1ccco1. The minimum atomic E-state index is -0.746. The fourth-order valence-electron chi connectivity index (χ4n) is 4.06. The first-order chi connectivity index (χ1) is 14.7. The third kappa shape index (κ3) is 4.62. The van der Waals surface area contributed by atoms with Crippen LogP contribution >= 0.6 is 0 Å². The van der Waals surface area contributed by atoms with Gasteiger partial charge in [0, 0.05) is 12.6 Å². The quantitative estimate of drug-likeness (QED) is 0.622. The van der Waals surface area contributed by atoms with Gasteiger partial charge in [0.05, 0.1) is 6.26 Å². The van der Waals surface area contributed by atoms with E-state index in [2.05, 4.69) is 5.32 Å². The summed E-state index contributed by atoms with van der Waals surface area (Å²) in [7, 11) is 0. The van der Waals surface area contributed by atoms with Gasteiger partial charge in [-0.15, -0.1) is 0 Å². The Hall–Kier alpha value is -3.34. The lowest BCUT2D eigenvalue weighted by molar-refractivity contribution is -0.126. The molecule has 2 amide bonds. The molecule has 1 fully saturated rings. The van der Waals surface area contributed by atoms with Gasteiger partial charge in [-0.05, 0) is 36.1 Å². The minimum Gasteiger partial charge on any atom is -0.459 e. The molecular formula is C25H26N2O3. The van der Waals surface area contributed by atoms with Crippen LogP contribution in [0.25, 0.3) is 0 Å². The van der Waals surface area contributed by atoms with Crippen molar-refractivity contribution in [3.05, 3.63) is 95.9 Å². The summed E-state index contributed by atoms with van der Waals surface area (Å²) in [6.07, 6.45) is 5.69. The first kappa shape index (κ1) is 20.0. The second kappa shape index (κ2) is 9.44. The Morgan fingerprint density at radius 3 is 2.23 bits per heavy atom. The highest BCUT2D eigenvalue weighted by atomic mass is 16.3. The lowest BCUT2D eigenvalue weighted by Gasteiger charge is -2.32. The molecule has 0 bridgehead atoms. The molecule has 1 aromatic heterocycles. The lowest BCUT2D eigenvalue weighted by atomic mass is 10.0.